The second-order valence-electron chi connectivity index (χ2n) is 4.22. The largest absolute Gasteiger partial charge is 0.337 e. The Morgan fingerprint density at radius 2 is 2.17 bits per heavy atom. The van der Waals surface area contributed by atoms with Crippen LogP contribution in [0.25, 0.3) is 11.4 Å². The molecular formula is C13H16FN3O. The Morgan fingerprint density at radius 1 is 1.39 bits per heavy atom. The summed E-state index contributed by atoms with van der Waals surface area (Å²) in [5.41, 5.74) is 1.46. The summed E-state index contributed by atoms with van der Waals surface area (Å²) in [4.78, 5) is 4.30. The van der Waals surface area contributed by atoms with Gasteiger partial charge in [0.05, 0.1) is 6.04 Å². The summed E-state index contributed by atoms with van der Waals surface area (Å²) in [7, 11) is 1.84. The summed E-state index contributed by atoms with van der Waals surface area (Å²) in [6, 6.07) is 4.73. The summed E-state index contributed by atoms with van der Waals surface area (Å²) >= 11 is 0. The fourth-order valence-electron chi connectivity index (χ4n) is 1.86. The van der Waals surface area contributed by atoms with Crippen LogP contribution in [-0.2, 0) is 0 Å². The number of halogens is 1. The van der Waals surface area contributed by atoms with Crippen LogP contribution < -0.4 is 5.32 Å². The maximum absolute atomic E-state index is 13.3. The summed E-state index contributed by atoms with van der Waals surface area (Å²) in [5, 5.41) is 6.98. The Balaban J connectivity index is 2.34. The van der Waals surface area contributed by atoms with Crippen LogP contribution in [0.4, 0.5) is 4.39 Å². The fourth-order valence-corrected chi connectivity index (χ4v) is 1.86. The highest BCUT2D eigenvalue weighted by Crippen LogP contribution is 2.21. The molecule has 1 heterocycles. The van der Waals surface area contributed by atoms with E-state index in [9.17, 15) is 4.39 Å². The average Bonchev–Trinajstić information content (AvgIpc) is 2.79. The van der Waals surface area contributed by atoms with Gasteiger partial charge in [-0.2, -0.15) is 4.98 Å². The third-order valence-electron chi connectivity index (χ3n) is 2.80. The Morgan fingerprint density at radius 3 is 2.78 bits per heavy atom. The average molecular weight is 249 g/mol. The van der Waals surface area contributed by atoms with Crippen molar-refractivity contribution in [2.24, 2.45) is 0 Å². The molecule has 0 spiro atoms. The molecule has 5 heteroatoms. The van der Waals surface area contributed by atoms with Gasteiger partial charge in [0.15, 0.2) is 0 Å². The van der Waals surface area contributed by atoms with Gasteiger partial charge in [-0.25, -0.2) is 4.39 Å². The van der Waals surface area contributed by atoms with E-state index in [1.807, 2.05) is 27.0 Å². The maximum Gasteiger partial charge on any atom is 0.244 e. The van der Waals surface area contributed by atoms with Crippen LogP contribution in [0.5, 0.6) is 0 Å². The van der Waals surface area contributed by atoms with Gasteiger partial charge < -0.3 is 9.84 Å². The molecule has 2 rings (SSSR count). The van der Waals surface area contributed by atoms with Gasteiger partial charge in [-0.15, -0.1) is 0 Å². The summed E-state index contributed by atoms with van der Waals surface area (Å²) in [5.74, 6) is 0.648. The summed E-state index contributed by atoms with van der Waals surface area (Å²) in [6.07, 6.45) is 0.848. The molecule has 0 aliphatic rings. The lowest BCUT2D eigenvalue weighted by atomic mass is 10.1. The van der Waals surface area contributed by atoms with E-state index in [4.69, 9.17) is 4.52 Å². The molecular weight excluding hydrogens is 233 g/mol. The minimum Gasteiger partial charge on any atom is -0.337 e. The SMILES string of the molecule is CCC(NC)c1nc(-c2cc(C)cc(F)c2)no1. The molecule has 1 aromatic heterocycles. The Hall–Kier alpha value is -1.75. The highest BCUT2D eigenvalue weighted by molar-refractivity contribution is 5.55. The number of aromatic nitrogens is 2. The molecule has 1 aromatic carbocycles. The first-order valence-corrected chi connectivity index (χ1v) is 5.92. The lowest BCUT2D eigenvalue weighted by Crippen LogP contribution is -2.15. The van der Waals surface area contributed by atoms with E-state index in [0.717, 1.165) is 12.0 Å². The molecule has 1 N–H and O–H groups in total. The molecule has 0 radical (unpaired) electrons. The van der Waals surface area contributed by atoms with E-state index in [2.05, 4.69) is 15.5 Å². The van der Waals surface area contributed by atoms with Crippen molar-refractivity contribution in [3.63, 3.8) is 0 Å². The molecule has 18 heavy (non-hydrogen) atoms. The topological polar surface area (TPSA) is 51.0 Å². The first kappa shape index (κ1) is 12.7. The van der Waals surface area contributed by atoms with E-state index in [0.29, 0.717) is 17.3 Å². The van der Waals surface area contributed by atoms with Gasteiger partial charge in [0, 0.05) is 5.56 Å². The summed E-state index contributed by atoms with van der Waals surface area (Å²) in [6.45, 7) is 3.85. The van der Waals surface area contributed by atoms with Crippen molar-refractivity contribution in [3.05, 3.63) is 35.5 Å². The minimum atomic E-state index is -0.294. The van der Waals surface area contributed by atoms with Gasteiger partial charge in [0.25, 0.3) is 0 Å². The second kappa shape index (κ2) is 5.27. The number of hydrogen-bond acceptors (Lipinski definition) is 4. The van der Waals surface area contributed by atoms with Crippen LogP contribution in [-0.4, -0.2) is 17.2 Å². The van der Waals surface area contributed by atoms with Crippen molar-refractivity contribution < 1.29 is 8.91 Å². The smallest absolute Gasteiger partial charge is 0.244 e. The number of nitrogens with one attached hydrogen (secondary N) is 1. The van der Waals surface area contributed by atoms with Gasteiger partial charge in [0.2, 0.25) is 11.7 Å². The van der Waals surface area contributed by atoms with Crippen molar-refractivity contribution in [2.45, 2.75) is 26.3 Å². The lowest BCUT2D eigenvalue weighted by molar-refractivity contribution is 0.334. The third-order valence-corrected chi connectivity index (χ3v) is 2.80. The van der Waals surface area contributed by atoms with Gasteiger partial charge in [0.1, 0.15) is 5.82 Å². The molecule has 1 atom stereocenters. The van der Waals surface area contributed by atoms with E-state index in [1.54, 1.807) is 0 Å². The van der Waals surface area contributed by atoms with Crippen LogP contribution in [0.3, 0.4) is 0 Å². The van der Waals surface area contributed by atoms with Crippen LogP contribution in [0.1, 0.15) is 30.8 Å². The highest BCUT2D eigenvalue weighted by atomic mass is 19.1. The molecule has 4 nitrogen and oxygen atoms in total. The maximum atomic E-state index is 13.3. The first-order chi connectivity index (χ1) is 8.63. The van der Waals surface area contributed by atoms with E-state index < -0.39 is 0 Å². The van der Waals surface area contributed by atoms with Gasteiger partial charge in [-0.1, -0.05) is 12.1 Å². The number of rotatable bonds is 4. The van der Waals surface area contributed by atoms with Gasteiger partial charge >= 0.3 is 0 Å². The normalized spacial score (nSPS) is 12.7. The summed E-state index contributed by atoms with van der Waals surface area (Å²) < 4.78 is 18.5. The van der Waals surface area contributed by atoms with Crippen LogP contribution in [0.2, 0.25) is 0 Å². The van der Waals surface area contributed by atoms with Crippen molar-refractivity contribution in [2.75, 3.05) is 7.05 Å². The molecule has 0 aliphatic carbocycles. The van der Waals surface area contributed by atoms with Crippen molar-refractivity contribution in [1.29, 1.82) is 0 Å². The lowest BCUT2D eigenvalue weighted by Gasteiger charge is -2.06. The monoisotopic (exact) mass is 249 g/mol. The molecule has 0 bridgehead atoms. The zero-order valence-corrected chi connectivity index (χ0v) is 10.7. The van der Waals surface area contributed by atoms with Crippen molar-refractivity contribution in [3.8, 4) is 11.4 Å². The molecule has 0 aliphatic heterocycles. The zero-order chi connectivity index (χ0) is 13.1. The van der Waals surface area contributed by atoms with E-state index in [1.165, 1.54) is 12.1 Å². The molecule has 0 saturated carbocycles. The number of hydrogen-bond donors (Lipinski definition) is 1. The van der Waals surface area contributed by atoms with Crippen molar-refractivity contribution in [1.82, 2.24) is 15.5 Å². The molecule has 0 amide bonds. The molecule has 0 fully saturated rings. The molecule has 0 saturated heterocycles. The van der Waals surface area contributed by atoms with E-state index in [-0.39, 0.29) is 11.9 Å². The third kappa shape index (κ3) is 2.56. The minimum absolute atomic E-state index is 0.0286. The highest BCUT2D eigenvalue weighted by Gasteiger charge is 2.16. The second-order valence-corrected chi connectivity index (χ2v) is 4.22. The zero-order valence-electron chi connectivity index (χ0n) is 10.7. The van der Waals surface area contributed by atoms with Crippen LogP contribution in [0.15, 0.2) is 22.7 Å². The Kier molecular flexibility index (Phi) is 3.72. The molecule has 2 aromatic rings. The van der Waals surface area contributed by atoms with E-state index >= 15 is 0 Å². The Labute approximate surface area is 105 Å². The van der Waals surface area contributed by atoms with Crippen molar-refractivity contribution >= 4 is 0 Å². The Bertz CT molecular complexity index is 515. The van der Waals surface area contributed by atoms with Gasteiger partial charge in [-0.3, -0.25) is 0 Å². The number of aryl methyl sites for hydroxylation is 1. The predicted octanol–water partition coefficient (Wildman–Crippen LogP) is 2.85. The molecule has 96 valence electrons. The van der Waals surface area contributed by atoms with Gasteiger partial charge in [-0.05, 0) is 44.2 Å². The number of benzene rings is 1. The first-order valence-electron chi connectivity index (χ1n) is 5.92. The van der Waals surface area contributed by atoms with Crippen LogP contribution >= 0.6 is 0 Å². The van der Waals surface area contributed by atoms with Crippen LogP contribution in [0, 0.1) is 12.7 Å². The standard InChI is InChI=1S/C13H16FN3O/c1-4-11(15-3)13-16-12(17-18-13)9-5-8(2)6-10(14)7-9/h5-7,11,15H,4H2,1-3H3. The number of nitrogens with zero attached hydrogens (tertiary/aromatic N) is 2. The molecule has 1 unspecified atom stereocenters. The fraction of sp³-hybridized carbons (Fsp3) is 0.385. The quantitative estimate of drug-likeness (QED) is 0.905. The predicted molar refractivity (Wildman–Crippen MR) is 66.5 cm³/mol.